The molecule has 1 aromatic heterocycles. The van der Waals surface area contributed by atoms with E-state index < -0.39 is 5.82 Å². The Hall–Kier alpha value is -0.990. The van der Waals surface area contributed by atoms with Gasteiger partial charge in [-0.05, 0) is 0 Å². The summed E-state index contributed by atoms with van der Waals surface area (Å²) >= 11 is 0. The van der Waals surface area contributed by atoms with Crippen LogP contribution in [0.3, 0.4) is 0 Å². The fourth-order valence-corrected chi connectivity index (χ4v) is 0.875. The first-order chi connectivity index (χ1) is 5.77. The Morgan fingerprint density at radius 3 is 1.58 bits per heavy atom. The summed E-state index contributed by atoms with van der Waals surface area (Å²) in [6, 6.07) is 0. The summed E-state index contributed by atoms with van der Waals surface area (Å²) in [5.41, 5.74) is 0. The van der Waals surface area contributed by atoms with E-state index in [1.807, 2.05) is 27.7 Å². The Kier molecular flexibility index (Phi) is 5.17. The highest BCUT2D eigenvalue weighted by Crippen LogP contribution is 2.06. The Morgan fingerprint density at radius 2 is 1.33 bits per heavy atom. The minimum atomic E-state index is -0.589. The van der Waals surface area contributed by atoms with Crippen LogP contribution in [0.2, 0.25) is 0 Å². The molecule has 3 nitrogen and oxygen atoms in total. The van der Waals surface area contributed by atoms with Gasteiger partial charge >= 0.3 is 5.82 Å². The Morgan fingerprint density at radius 1 is 1.00 bits per heavy atom. The quantitative estimate of drug-likeness (QED) is 0.687. The molecule has 70 valence electrons. The second-order valence-corrected chi connectivity index (χ2v) is 2.01. The topological polar surface area (TPSA) is 43.4 Å². The average molecular weight is 172 g/mol. The van der Waals surface area contributed by atoms with Gasteiger partial charge in [0.2, 0.25) is 0 Å². The SMILES string of the molecule is CC.CCc1oc(=O)oc1CC. The standard InChI is InChI=1S/C7H10O3.C2H6/c1-3-5-6(4-2)10-7(8)9-5;1-2/h3-4H2,1-2H3;1-2H3. The van der Waals surface area contributed by atoms with Gasteiger partial charge in [0.05, 0.1) is 0 Å². The molecule has 12 heavy (non-hydrogen) atoms. The first-order valence-corrected chi connectivity index (χ1v) is 4.39. The maximum atomic E-state index is 10.5. The van der Waals surface area contributed by atoms with Crippen molar-refractivity contribution in [3.8, 4) is 0 Å². The summed E-state index contributed by atoms with van der Waals surface area (Å²) in [5.74, 6) is 0.758. The van der Waals surface area contributed by atoms with Crippen molar-refractivity contribution in [3.63, 3.8) is 0 Å². The monoisotopic (exact) mass is 172 g/mol. The highest BCUT2D eigenvalue weighted by molar-refractivity contribution is 5.01. The minimum absolute atomic E-state index is 0.589. The molecule has 1 aromatic rings. The van der Waals surface area contributed by atoms with Gasteiger partial charge in [0.1, 0.15) is 11.5 Å². The van der Waals surface area contributed by atoms with Gasteiger partial charge in [-0.3, -0.25) is 0 Å². The molecule has 0 spiro atoms. The van der Waals surface area contributed by atoms with Gasteiger partial charge in [0, 0.05) is 12.8 Å². The van der Waals surface area contributed by atoms with E-state index in [9.17, 15) is 4.79 Å². The maximum Gasteiger partial charge on any atom is 0.519 e. The molecule has 0 saturated carbocycles. The minimum Gasteiger partial charge on any atom is -0.396 e. The molecule has 0 unspecified atom stereocenters. The van der Waals surface area contributed by atoms with E-state index in [0.29, 0.717) is 11.5 Å². The lowest BCUT2D eigenvalue weighted by atomic mass is 10.2. The third kappa shape index (κ3) is 2.57. The molecule has 0 saturated heterocycles. The number of aryl methyl sites for hydroxylation is 2. The first kappa shape index (κ1) is 11.0. The van der Waals surface area contributed by atoms with Crippen LogP contribution in [0, 0.1) is 0 Å². The van der Waals surface area contributed by atoms with Crippen molar-refractivity contribution in [1.82, 2.24) is 0 Å². The summed E-state index contributed by atoms with van der Waals surface area (Å²) < 4.78 is 9.46. The first-order valence-electron chi connectivity index (χ1n) is 4.39. The van der Waals surface area contributed by atoms with Crippen LogP contribution in [0.5, 0.6) is 0 Å². The lowest BCUT2D eigenvalue weighted by Gasteiger charge is -1.87. The Balaban J connectivity index is 0.000000561. The molecule has 0 aliphatic heterocycles. The fourth-order valence-electron chi connectivity index (χ4n) is 0.875. The predicted octanol–water partition coefficient (Wildman–Crippen LogP) is 2.38. The predicted molar refractivity (Wildman–Crippen MR) is 47.3 cm³/mol. The third-order valence-electron chi connectivity index (χ3n) is 1.37. The molecule has 0 radical (unpaired) electrons. The number of rotatable bonds is 2. The molecule has 0 amide bonds. The summed E-state index contributed by atoms with van der Waals surface area (Å²) in [5, 5.41) is 0. The van der Waals surface area contributed by atoms with Gasteiger partial charge in [0.25, 0.3) is 0 Å². The van der Waals surface area contributed by atoms with Crippen LogP contribution < -0.4 is 5.82 Å². The van der Waals surface area contributed by atoms with Crippen molar-refractivity contribution >= 4 is 0 Å². The van der Waals surface area contributed by atoms with Crippen LogP contribution in [0.4, 0.5) is 0 Å². The summed E-state index contributed by atoms with van der Waals surface area (Å²) in [7, 11) is 0. The number of hydrogen-bond acceptors (Lipinski definition) is 3. The average Bonchev–Trinajstić information content (AvgIpc) is 2.49. The van der Waals surface area contributed by atoms with Crippen molar-refractivity contribution in [2.24, 2.45) is 0 Å². The van der Waals surface area contributed by atoms with Crippen LogP contribution in [0.15, 0.2) is 13.6 Å². The lowest BCUT2D eigenvalue weighted by molar-refractivity contribution is 0.367. The van der Waals surface area contributed by atoms with Gasteiger partial charge < -0.3 is 8.83 Å². The molecular formula is C9H16O3. The summed E-state index contributed by atoms with van der Waals surface area (Å²) in [6.45, 7) is 7.85. The largest absolute Gasteiger partial charge is 0.519 e. The molecule has 0 aliphatic carbocycles. The van der Waals surface area contributed by atoms with Crippen molar-refractivity contribution in [1.29, 1.82) is 0 Å². The molecule has 0 N–H and O–H groups in total. The molecule has 0 atom stereocenters. The lowest BCUT2D eigenvalue weighted by Crippen LogP contribution is -1.86. The van der Waals surface area contributed by atoms with E-state index >= 15 is 0 Å². The number of hydrogen-bond donors (Lipinski definition) is 0. The Bertz CT molecular complexity index is 232. The summed E-state index contributed by atoms with van der Waals surface area (Å²) in [6.07, 6.45) is 1.43. The van der Waals surface area contributed by atoms with Crippen LogP contribution >= 0.6 is 0 Å². The molecule has 0 bridgehead atoms. The van der Waals surface area contributed by atoms with Crippen LogP contribution in [-0.2, 0) is 12.8 Å². The summed E-state index contributed by atoms with van der Waals surface area (Å²) in [4.78, 5) is 10.5. The van der Waals surface area contributed by atoms with Crippen LogP contribution in [-0.4, -0.2) is 0 Å². The van der Waals surface area contributed by atoms with E-state index in [2.05, 4.69) is 0 Å². The van der Waals surface area contributed by atoms with E-state index in [1.54, 1.807) is 0 Å². The smallest absolute Gasteiger partial charge is 0.396 e. The molecule has 1 rings (SSSR count). The van der Waals surface area contributed by atoms with Crippen molar-refractivity contribution < 1.29 is 8.83 Å². The highest BCUT2D eigenvalue weighted by atomic mass is 16.6. The maximum absolute atomic E-state index is 10.5. The van der Waals surface area contributed by atoms with E-state index in [0.717, 1.165) is 12.8 Å². The normalized spacial score (nSPS) is 9.00. The van der Waals surface area contributed by atoms with Crippen LogP contribution in [0.25, 0.3) is 0 Å². The van der Waals surface area contributed by atoms with Crippen LogP contribution in [0.1, 0.15) is 39.2 Å². The molecule has 0 aromatic carbocycles. The second kappa shape index (κ2) is 5.63. The van der Waals surface area contributed by atoms with Gasteiger partial charge in [-0.2, -0.15) is 0 Å². The zero-order valence-electron chi connectivity index (χ0n) is 8.14. The van der Waals surface area contributed by atoms with Crippen molar-refractivity contribution in [3.05, 3.63) is 22.1 Å². The zero-order chi connectivity index (χ0) is 9.56. The second-order valence-electron chi connectivity index (χ2n) is 2.01. The van der Waals surface area contributed by atoms with Gasteiger partial charge in [-0.1, -0.05) is 27.7 Å². The fraction of sp³-hybridized carbons (Fsp3) is 0.667. The van der Waals surface area contributed by atoms with Gasteiger partial charge in [-0.25, -0.2) is 4.79 Å². The van der Waals surface area contributed by atoms with Crippen molar-refractivity contribution in [2.45, 2.75) is 40.5 Å². The van der Waals surface area contributed by atoms with E-state index in [-0.39, 0.29) is 0 Å². The van der Waals surface area contributed by atoms with Gasteiger partial charge in [-0.15, -0.1) is 0 Å². The molecule has 0 aliphatic rings. The van der Waals surface area contributed by atoms with Crippen molar-refractivity contribution in [2.75, 3.05) is 0 Å². The molecule has 3 heteroatoms. The van der Waals surface area contributed by atoms with E-state index in [4.69, 9.17) is 8.83 Å². The van der Waals surface area contributed by atoms with E-state index in [1.165, 1.54) is 0 Å². The third-order valence-corrected chi connectivity index (χ3v) is 1.37. The molecule has 1 heterocycles. The molecular weight excluding hydrogens is 156 g/mol. The Labute approximate surface area is 72.4 Å². The highest BCUT2D eigenvalue weighted by Gasteiger charge is 2.06. The molecule has 0 fully saturated rings. The zero-order valence-corrected chi connectivity index (χ0v) is 8.14. The van der Waals surface area contributed by atoms with Gasteiger partial charge in [0.15, 0.2) is 0 Å².